The van der Waals surface area contributed by atoms with Crippen molar-refractivity contribution in [2.24, 2.45) is 0 Å². The molecule has 0 aliphatic heterocycles. The van der Waals surface area contributed by atoms with E-state index < -0.39 is 14.9 Å². The van der Waals surface area contributed by atoms with Gasteiger partial charge in [-0.25, -0.2) is 8.42 Å². The molecule has 0 unspecified atom stereocenters. The highest BCUT2D eigenvalue weighted by Crippen LogP contribution is 2.24. The Bertz CT molecular complexity index is 1050. The first-order valence-corrected chi connectivity index (χ1v) is 8.51. The van der Waals surface area contributed by atoms with Gasteiger partial charge in [0, 0.05) is 23.4 Å². The van der Waals surface area contributed by atoms with Gasteiger partial charge in [-0.1, -0.05) is 17.3 Å². The number of rotatable bonds is 5. The summed E-state index contributed by atoms with van der Waals surface area (Å²) in [5.41, 5.74) is 0.498. The number of nitrogens with one attached hydrogen (secondary N) is 1. The van der Waals surface area contributed by atoms with E-state index in [2.05, 4.69) is 14.9 Å². The van der Waals surface area contributed by atoms with Crippen molar-refractivity contribution in [3.8, 4) is 11.5 Å². The molecule has 0 fully saturated rings. The molecule has 0 radical (unpaired) electrons. The summed E-state index contributed by atoms with van der Waals surface area (Å²) in [5, 5.41) is 14.5. The van der Waals surface area contributed by atoms with E-state index in [1.54, 1.807) is 25.1 Å². The standard InChI is InChI=1S/C15H12N4O5S/c1-10-16-15(24-17-10)11-4-2-5-12(8-11)18-25(22,23)14-7-3-6-13(9-14)19(20)21/h2-9,18H,1H3. The quantitative estimate of drug-likeness (QED) is 0.547. The van der Waals surface area contributed by atoms with Crippen molar-refractivity contribution in [1.29, 1.82) is 0 Å². The summed E-state index contributed by atoms with van der Waals surface area (Å²) in [6.07, 6.45) is 0. The van der Waals surface area contributed by atoms with Crippen molar-refractivity contribution in [1.82, 2.24) is 10.1 Å². The van der Waals surface area contributed by atoms with Gasteiger partial charge >= 0.3 is 0 Å². The molecule has 0 aliphatic carbocycles. The lowest BCUT2D eigenvalue weighted by Crippen LogP contribution is -2.13. The molecular weight excluding hydrogens is 348 g/mol. The minimum absolute atomic E-state index is 0.208. The molecule has 0 bridgehead atoms. The summed E-state index contributed by atoms with van der Waals surface area (Å²) in [6, 6.07) is 11.2. The zero-order chi connectivity index (χ0) is 18.0. The van der Waals surface area contributed by atoms with Crippen LogP contribution in [-0.4, -0.2) is 23.5 Å². The van der Waals surface area contributed by atoms with Crippen molar-refractivity contribution in [3.63, 3.8) is 0 Å². The number of benzene rings is 2. The van der Waals surface area contributed by atoms with E-state index in [4.69, 9.17) is 4.52 Å². The third-order valence-electron chi connectivity index (χ3n) is 3.23. The molecule has 10 heteroatoms. The fourth-order valence-electron chi connectivity index (χ4n) is 2.11. The molecule has 128 valence electrons. The minimum atomic E-state index is -3.98. The first-order valence-electron chi connectivity index (χ1n) is 7.03. The summed E-state index contributed by atoms with van der Waals surface area (Å²) in [5.74, 6) is 0.714. The van der Waals surface area contributed by atoms with Crippen molar-refractivity contribution < 1.29 is 17.9 Å². The van der Waals surface area contributed by atoms with Crippen LogP contribution in [0.25, 0.3) is 11.5 Å². The Labute approximate surface area is 142 Å². The van der Waals surface area contributed by atoms with Crippen LogP contribution in [0.5, 0.6) is 0 Å². The molecule has 0 amide bonds. The first kappa shape index (κ1) is 16.6. The van der Waals surface area contributed by atoms with Gasteiger partial charge in [0.2, 0.25) is 0 Å². The Balaban J connectivity index is 1.91. The van der Waals surface area contributed by atoms with Gasteiger partial charge in [-0.05, 0) is 31.2 Å². The highest BCUT2D eigenvalue weighted by molar-refractivity contribution is 7.92. The molecule has 1 aromatic heterocycles. The van der Waals surface area contributed by atoms with Gasteiger partial charge in [0.05, 0.1) is 9.82 Å². The van der Waals surface area contributed by atoms with Crippen LogP contribution in [0.3, 0.4) is 0 Å². The average Bonchev–Trinajstić information content (AvgIpc) is 3.01. The number of aromatic nitrogens is 2. The van der Waals surface area contributed by atoms with Gasteiger partial charge in [-0.3, -0.25) is 14.8 Å². The van der Waals surface area contributed by atoms with E-state index in [9.17, 15) is 18.5 Å². The van der Waals surface area contributed by atoms with E-state index >= 15 is 0 Å². The third-order valence-corrected chi connectivity index (χ3v) is 4.61. The molecule has 2 aromatic carbocycles. The number of anilines is 1. The average molecular weight is 360 g/mol. The van der Waals surface area contributed by atoms with E-state index in [1.165, 1.54) is 24.3 Å². The van der Waals surface area contributed by atoms with Crippen LogP contribution in [-0.2, 0) is 10.0 Å². The fourth-order valence-corrected chi connectivity index (χ4v) is 3.20. The lowest BCUT2D eigenvalue weighted by Gasteiger charge is -2.08. The van der Waals surface area contributed by atoms with E-state index in [0.717, 1.165) is 6.07 Å². The Hall–Kier alpha value is -3.27. The largest absolute Gasteiger partial charge is 0.334 e. The normalized spacial score (nSPS) is 11.2. The molecule has 9 nitrogen and oxygen atoms in total. The van der Waals surface area contributed by atoms with Crippen LogP contribution in [0, 0.1) is 17.0 Å². The van der Waals surface area contributed by atoms with Crippen LogP contribution in [0.4, 0.5) is 11.4 Å². The Kier molecular flexibility index (Phi) is 4.19. The summed E-state index contributed by atoms with van der Waals surface area (Å²) >= 11 is 0. The summed E-state index contributed by atoms with van der Waals surface area (Å²) < 4.78 is 32.3. The molecule has 0 saturated heterocycles. The molecule has 3 aromatic rings. The maximum Gasteiger partial charge on any atom is 0.270 e. The van der Waals surface area contributed by atoms with Crippen molar-refractivity contribution in [2.45, 2.75) is 11.8 Å². The molecule has 1 heterocycles. The van der Waals surface area contributed by atoms with Gasteiger partial charge < -0.3 is 4.52 Å². The number of non-ortho nitro benzene ring substituents is 1. The Morgan fingerprint density at radius 3 is 2.60 bits per heavy atom. The van der Waals surface area contributed by atoms with Crippen molar-refractivity contribution in [2.75, 3.05) is 4.72 Å². The molecule has 3 rings (SSSR count). The fraction of sp³-hybridized carbons (Fsp3) is 0.0667. The van der Waals surface area contributed by atoms with Crippen LogP contribution in [0.2, 0.25) is 0 Å². The smallest absolute Gasteiger partial charge is 0.270 e. The minimum Gasteiger partial charge on any atom is -0.334 e. The second-order valence-corrected chi connectivity index (χ2v) is 6.77. The zero-order valence-corrected chi connectivity index (χ0v) is 13.7. The highest BCUT2D eigenvalue weighted by atomic mass is 32.2. The lowest BCUT2D eigenvalue weighted by molar-refractivity contribution is -0.385. The molecule has 1 N–H and O–H groups in total. The molecule has 25 heavy (non-hydrogen) atoms. The molecule has 0 aliphatic rings. The van der Waals surface area contributed by atoms with Crippen LogP contribution in [0.15, 0.2) is 57.9 Å². The van der Waals surface area contributed by atoms with Gasteiger partial charge in [0.1, 0.15) is 0 Å². The summed E-state index contributed by atoms with van der Waals surface area (Å²) in [4.78, 5) is 14.0. The topological polar surface area (TPSA) is 128 Å². The zero-order valence-electron chi connectivity index (χ0n) is 12.9. The monoisotopic (exact) mass is 360 g/mol. The van der Waals surface area contributed by atoms with Crippen molar-refractivity contribution >= 4 is 21.4 Å². The van der Waals surface area contributed by atoms with Crippen LogP contribution in [0.1, 0.15) is 5.82 Å². The first-order chi connectivity index (χ1) is 11.8. The second kappa shape index (κ2) is 6.32. The van der Waals surface area contributed by atoms with Gasteiger partial charge in [-0.2, -0.15) is 4.98 Å². The number of hydrogen-bond acceptors (Lipinski definition) is 7. The molecule has 0 atom stereocenters. The Morgan fingerprint density at radius 2 is 1.92 bits per heavy atom. The van der Waals surface area contributed by atoms with E-state index in [1.807, 2.05) is 0 Å². The van der Waals surface area contributed by atoms with Gasteiger partial charge in [-0.15, -0.1) is 0 Å². The van der Waals surface area contributed by atoms with Crippen LogP contribution >= 0.6 is 0 Å². The Morgan fingerprint density at radius 1 is 1.16 bits per heavy atom. The third kappa shape index (κ3) is 3.63. The van der Waals surface area contributed by atoms with Gasteiger partial charge in [0.25, 0.3) is 21.6 Å². The lowest BCUT2D eigenvalue weighted by atomic mass is 10.2. The number of nitrogens with zero attached hydrogens (tertiary/aromatic N) is 3. The maximum absolute atomic E-state index is 12.4. The number of nitro benzene ring substituents is 1. The predicted molar refractivity (Wildman–Crippen MR) is 88.4 cm³/mol. The van der Waals surface area contributed by atoms with Crippen LogP contribution < -0.4 is 4.72 Å². The van der Waals surface area contributed by atoms with E-state index in [-0.39, 0.29) is 22.2 Å². The van der Waals surface area contributed by atoms with Gasteiger partial charge in [0.15, 0.2) is 5.82 Å². The summed E-state index contributed by atoms with van der Waals surface area (Å²) in [7, 11) is -3.98. The molecule has 0 saturated carbocycles. The second-order valence-electron chi connectivity index (χ2n) is 5.09. The van der Waals surface area contributed by atoms with Crippen molar-refractivity contribution in [3.05, 3.63) is 64.5 Å². The number of sulfonamides is 1. The number of aryl methyl sites for hydroxylation is 1. The number of nitro groups is 1. The SMILES string of the molecule is Cc1noc(-c2cccc(NS(=O)(=O)c3cccc([N+](=O)[O-])c3)c2)n1. The highest BCUT2D eigenvalue weighted by Gasteiger charge is 2.18. The maximum atomic E-state index is 12.4. The molecular formula is C15H12N4O5S. The predicted octanol–water partition coefficient (Wildman–Crippen LogP) is 2.75. The summed E-state index contributed by atoms with van der Waals surface area (Å²) in [6.45, 7) is 1.67. The van der Waals surface area contributed by atoms with E-state index in [0.29, 0.717) is 11.4 Å². The number of hydrogen-bond donors (Lipinski definition) is 1. The molecule has 0 spiro atoms.